The van der Waals surface area contributed by atoms with E-state index in [9.17, 15) is 27.9 Å². The number of alkyl halides is 3. The number of ether oxygens (including phenoxy) is 2. The maximum atomic E-state index is 14.5. The molecule has 4 fully saturated rings. The molecule has 4 aliphatic carbocycles. The van der Waals surface area contributed by atoms with Gasteiger partial charge in [-0.25, -0.2) is 0 Å². The number of likely N-dealkylation sites (tertiary alicyclic amines) is 1. The van der Waals surface area contributed by atoms with Crippen LogP contribution in [0, 0.1) is 17.3 Å². The minimum absolute atomic E-state index is 0.162. The van der Waals surface area contributed by atoms with Crippen LogP contribution in [0.15, 0.2) is 71.9 Å². The lowest BCUT2D eigenvalue weighted by atomic mass is 9.50. The van der Waals surface area contributed by atoms with E-state index in [-0.39, 0.29) is 17.1 Å². The van der Waals surface area contributed by atoms with Crippen molar-refractivity contribution in [1.29, 1.82) is 0 Å². The highest BCUT2D eigenvalue weighted by Crippen LogP contribution is 2.67. The second-order valence-electron chi connectivity index (χ2n) is 14.9. The van der Waals surface area contributed by atoms with Crippen molar-refractivity contribution >= 4 is 17.6 Å². The van der Waals surface area contributed by atoms with Crippen LogP contribution in [0.3, 0.4) is 0 Å². The molecular formula is C38H46F3N2O5+. The Morgan fingerprint density at radius 1 is 1.12 bits per heavy atom. The SMILES string of the molecule is C=CC[N+]1(CC2CCCCC2)CC[C@]23C4=C5C=CC(NC(=O)C(=C(O)c6ccccc6)C(F)(F)F)(OC(C)=O)C4O[C@H]2CCC[C@H]3[C@H]1C5. The number of aliphatic hydroxyl groups excluding tert-OH is 1. The molecule has 2 saturated heterocycles. The molecule has 7 rings (SSSR count). The topological polar surface area (TPSA) is 84.9 Å². The van der Waals surface area contributed by atoms with Crippen LogP contribution < -0.4 is 5.32 Å². The number of nitrogens with one attached hydrogen (secondary N) is 1. The average Bonchev–Trinajstić information content (AvgIpc) is 3.39. The van der Waals surface area contributed by atoms with Crippen LogP contribution in [0.5, 0.6) is 0 Å². The summed E-state index contributed by atoms with van der Waals surface area (Å²) in [6, 6.07) is 7.47. The second kappa shape index (κ2) is 12.2. The number of rotatable bonds is 8. The van der Waals surface area contributed by atoms with Crippen LogP contribution in [0.4, 0.5) is 13.2 Å². The molecule has 2 N–H and O–H groups in total. The molecule has 2 saturated carbocycles. The first-order chi connectivity index (χ1) is 22.9. The van der Waals surface area contributed by atoms with Gasteiger partial charge in [0.1, 0.15) is 11.9 Å². The van der Waals surface area contributed by atoms with Gasteiger partial charge in [0, 0.05) is 42.6 Å². The van der Waals surface area contributed by atoms with E-state index < -0.39 is 41.2 Å². The van der Waals surface area contributed by atoms with E-state index >= 15 is 0 Å². The van der Waals surface area contributed by atoms with Crippen LogP contribution in [0.2, 0.25) is 0 Å². The standard InChI is InChI=1S/C38H45F3N2O5/c1-3-20-43(23-25-11-6-4-7-12-25)21-19-36-28-15-10-16-30(36)47-34-31(36)27(22-29(28)43)17-18-37(34,48-24(2)44)42-35(46)32(38(39,40)41)33(45)26-13-8-5-9-14-26/h3,5,8-9,13-14,17-18,25,28-30,34H,1,4,6-7,10-12,15-16,19-23H2,2H3,(H-,42,45,46)/p+1/t28-,29+,30-,34?,36+,37?,43?/m0/s1. The van der Waals surface area contributed by atoms with Gasteiger partial charge in [0.05, 0.1) is 31.8 Å². The Morgan fingerprint density at radius 2 is 1.88 bits per heavy atom. The first kappa shape index (κ1) is 33.1. The number of piperidine rings is 1. The Hall–Kier alpha value is -3.37. The molecule has 3 unspecified atom stereocenters. The molecule has 7 atom stereocenters. The van der Waals surface area contributed by atoms with Gasteiger partial charge in [-0.2, -0.15) is 13.2 Å². The first-order valence-corrected chi connectivity index (χ1v) is 17.6. The monoisotopic (exact) mass is 667 g/mol. The molecule has 2 heterocycles. The molecular weight excluding hydrogens is 621 g/mol. The fourth-order valence-corrected chi connectivity index (χ4v) is 10.7. The summed E-state index contributed by atoms with van der Waals surface area (Å²) in [6.45, 7) is 8.34. The minimum Gasteiger partial charge on any atom is -0.506 e. The van der Waals surface area contributed by atoms with Gasteiger partial charge in [0.15, 0.2) is 5.57 Å². The summed E-state index contributed by atoms with van der Waals surface area (Å²) in [4.78, 5) is 26.4. The molecule has 6 aliphatic rings. The highest BCUT2D eigenvalue weighted by atomic mass is 19.4. The molecule has 1 amide bonds. The number of halogens is 3. The molecule has 1 aromatic rings. The molecule has 10 heteroatoms. The fourth-order valence-electron chi connectivity index (χ4n) is 10.7. The van der Waals surface area contributed by atoms with Crippen LogP contribution in [-0.4, -0.2) is 71.3 Å². The van der Waals surface area contributed by atoms with E-state index in [0.29, 0.717) is 17.9 Å². The van der Waals surface area contributed by atoms with Crippen LogP contribution in [-0.2, 0) is 19.1 Å². The van der Waals surface area contributed by atoms with Gasteiger partial charge < -0.3 is 24.4 Å². The third-order valence-corrected chi connectivity index (χ3v) is 12.4. The zero-order valence-corrected chi connectivity index (χ0v) is 27.6. The number of amides is 1. The number of hydrogen-bond donors (Lipinski definition) is 2. The molecule has 258 valence electrons. The number of nitrogens with zero attached hydrogens (tertiary/aromatic N) is 1. The number of allylic oxidation sites excluding steroid dienone is 1. The Bertz CT molecular complexity index is 1560. The zero-order chi connectivity index (χ0) is 33.9. The van der Waals surface area contributed by atoms with Crippen molar-refractivity contribution in [3.8, 4) is 0 Å². The molecule has 2 bridgehead atoms. The molecule has 48 heavy (non-hydrogen) atoms. The molecule has 1 spiro atoms. The number of hydrogen-bond acceptors (Lipinski definition) is 5. The van der Waals surface area contributed by atoms with Crippen molar-refractivity contribution in [2.45, 2.75) is 101 Å². The third kappa shape index (κ3) is 5.25. The van der Waals surface area contributed by atoms with Gasteiger partial charge in [0.25, 0.3) is 5.91 Å². The van der Waals surface area contributed by atoms with E-state index in [0.717, 1.165) is 67.4 Å². The summed E-state index contributed by atoms with van der Waals surface area (Å²) < 4.78 is 57.2. The predicted octanol–water partition coefficient (Wildman–Crippen LogP) is 7.07. The Kier molecular flexibility index (Phi) is 8.42. The van der Waals surface area contributed by atoms with Crippen molar-refractivity contribution in [3.63, 3.8) is 0 Å². The van der Waals surface area contributed by atoms with Crippen LogP contribution in [0.1, 0.15) is 76.7 Å². The predicted molar refractivity (Wildman–Crippen MR) is 174 cm³/mol. The van der Waals surface area contributed by atoms with Gasteiger partial charge in [-0.05, 0) is 49.0 Å². The maximum Gasteiger partial charge on any atom is 0.425 e. The Balaban J connectivity index is 1.29. The summed E-state index contributed by atoms with van der Waals surface area (Å²) in [6.07, 6.45) is 9.85. The first-order valence-electron chi connectivity index (χ1n) is 17.6. The van der Waals surface area contributed by atoms with Crippen molar-refractivity contribution in [3.05, 3.63) is 77.4 Å². The highest BCUT2D eigenvalue weighted by Gasteiger charge is 2.72. The van der Waals surface area contributed by atoms with Gasteiger partial charge in [-0.15, -0.1) is 0 Å². The highest BCUT2D eigenvalue weighted by molar-refractivity contribution is 6.01. The lowest BCUT2D eigenvalue weighted by Gasteiger charge is -2.63. The lowest BCUT2D eigenvalue weighted by molar-refractivity contribution is -0.961. The summed E-state index contributed by atoms with van der Waals surface area (Å²) >= 11 is 0. The van der Waals surface area contributed by atoms with E-state index in [4.69, 9.17) is 9.47 Å². The number of aliphatic hydroxyl groups is 1. The van der Waals surface area contributed by atoms with E-state index in [2.05, 4.69) is 18.0 Å². The van der Waals surface area contributed by atoms with E-state index in [1.165, 1.54) is 69.4 Å². The minimum atomic E-state index is -5.20. The summed E-state index contributed by atoms with van der Waals surface area (Å²) in [5.74, 6) is -2.60. The summed E-state index contributed by atoms with van der Waals surface area (Å²) in [5, 5.41) is 13.2. The smallest absolute Gasteiger partial charge is 0.425 e. The largest absolute Gasteiger partial charge is 0.506 e. The molecule has 7 nitrogen and oxygen atoms in total. The van der Waals surface area contributed by atoms with Gasteiger partial charge in [-0.1, -0.05) is 68.7 Å². The number of carbonyl (C=O) groups is 2. The maximum absolute atomic E-state index is 14.5. The van der Waals surface area contributed by atoms with Crippen molar-refractivity contribution < 1.29 is 41.8 Å². The van der Waals surface area contributed by atoms with Crippen LogP contribution in [0.25, 0.3) is 5.76 Å². The quantitative estimate of drug-likeness (QED) is 0.0774. The number of esters is 1. The molecule has 1 aromatic carbocycles. The van der Waals surface area contributed by atoms with Gasteiger partial charge in [-0.3, -0.25) is 9.59 Å². The van der Waals surface area contributed by atoms with Crippen LogP contribution >= 0.6 is 0 Å². The van der Waals surface area contributed by atoms with Gasteiger partial charge >= 0.3 is 12.1 Å². The summed E-state index contributed by atoms with van der Waals surface area (Å²) in [7, 11) is 0. The van der Waals surface area contributed by atoms with Crippen molar-refractivity contribution in [2.75, 3.05) is 19.6 Å². The zero-order valence-electron chi connectivity index (χ0n) is 27.6. The molecule has 0 radical (unpaired) electrons. The Morgan fingerprint density at radius 3 is 2.56 bits per heavy atom. The number of quaternary nitrogens is 1. The number of benzene rings is 1. The Labute approximate surface area is 280 Å². The van der Waals surface area contributed by atoms with Gasteiger partial charge in [0.2, 0.25) is 5.72 Å². The van der Waals surface area contributed by atoms with Crippen molar-refractivity contribution in [1.82, 2.24) is 5.32 Å². The average molecular weight is 668 g/mol. The molecule has 0 aromatic heterocycles. The lowest BCUT2D eigenvalue weighted by Crippen LogP contribution is -2.71. The van der Waals surface area contributed by atoms with E-state index in [1.54, 1.807) is 6.07 Å². The normalized spacial score (nSPS) is 36.2. The number of carbonyl (C=O) groups excluding carboxylic acids is 2. The third-order valence-electron chi connectivity index (χ3n) is 12.4. The second-order valence-corrected chi connectivity index (χ2v) is 14.9. The summed E-state index contributed by atoms with van der Waals surface area (Å²) in [5.41, 5.74) is -2.26. The van der Waals surface area contributed by atoms with Crippen molar-refractivity contribution in [2.24, 2.45) is 17.3 Å². The fraction of sp³-hybridized carbons (Fsp3) is 0.579. The molecule has 2 aliphatic heterocycles. The van der Waals surface area contributed by atoms with E-state index in [1.807, 2.05) is 6.08 Å².